The van der Waals surface area contributed by atoms with E-state index in [9.17, 15) is 0 Å². The van der Waals surface area contributed by atoms with Gasteiger partial charge < -0.3 is 10.1 Å². The summed E-state index contributed by atoms with van der Waals surface area (Å²) < 4.78 is 5.76. The summed E-state index contributed by atoms with van der Waals surface area (Å²) in [5, 5.41) is 6.52. The molecule has 1 aliphatic heterocycles. The average molecular weight is 212 g/mol. The highest BCUT2D eigenvalue weighted by Gasteiger charge is 2.13. The number of nitrogens with one attached hydrogen (secondary N) is 1. The van der Waals surface area contributed by atoms with E-state index in [-0.39, 0.29) is 0 Å². The minimum Gasteiger partial charge on any atom is -0.371 e. The maximum absolute atomic E-state index is 5.76. The number of rotatable bonds is 3. The van der Waals surface area contributed by atoms with E-state index >= 15 is 0 Å². The number of hydrogen-bond acceptors (Lipinski definition) is 4. The number of nitrogens with zero attached hydrogens (tertiary/aromatic N) is 1. The van der Waals surface area contributed by atoms with Gasteiger partial charge in [-0.05, 0) is 26.3 Å². The Kier molecular flexibility index (Phi) is 3.50. The monoisotopic (exact) mass is 212 g/mol. The van der Waals surface area contributed by atoms with Crippen LogP contribution in [0.1, 0.15) is 23.5 Å². The van der Waals surface area contributed by atoms with Gasteiger partial charge in [0, 0.05) is 11.9 Å². The quantitative estimate of drug-likeness (QED) is 0.828. The number of hydrogen-bond donors (Lipinski definition) is 1. The lowest BCUT2D eigenvalue weighted by Crippen LogP contribution is -2.35. The molecule has 4 heteroatoms. The third-order valence-electron chi connectivity index (χ3n) is 2.39. The standard InChI is InChI=1S/C10H16N2OS/c1-8-12-9(7-14-8)6-13-10-3-2-4-11-5-10/h7,10-11H,2-6H2,1H3/t10-/m0/s1. The zero-order valence-electron chi connectivity index (χ0n) is 8.45. The van der Waals surface area contributed by atoms with Crippen molar-refractivity contribution in [2.24, 2.45) is 0 Å². The van der Waals surface area contributed by atoms with E-state index in [1.165, 1.54) is 12.8 Å². The molecule has 1 aromatic heterocycles. The van der Waals surface area contributed by atoms with Crippen molar-refractivity contribution in [1.29, 1.82) is 0 Å². The Hall–Kier alpha value is -0.450. The summed E-state index contributed by atoms with van der Waals surface area (Å²) in [5.74, 6) is 0. The Balaban J connectivity index is 1.76. The number of aromatic nitrogens is 1. The summed E-state index contributed by atoms with van der Waals surface area (Å²) in [6, 6.07) is 0. The number of thiazole rings is 1. The zero-order chi connectivity index (χ0) is 9.80. The van der Waals surface area contributed by atoms with Crippen LogP contribution in [0.5, 0.6) is 0 Å². The average Bonchev–Trinajstić information content (AvgIpc) is 2.63. The van der Waals surface area contributed by atoms with E-state index < -0.39 is 0 Å². The van der Waals surface area contributed by atoms with Gasteiger partial charge in [-0.2, -0.15) is 0 Å². The molecule has 0 aliphatic carbocycles. The van der Waals surface area contributed by atoms with Crippen LogP contribution in [-0.2, 0) is 11.3 Å². The molecule has 0 aromatic carbocycles. The first kappa shape index (κ1) is 10.1. The predicted molar refractivity (Wildman–Crippen MR) is 57.5 cm³/mol. The van der Waals surface area contributed by atoms with Gasteiger partial charge in [0.15, 0.2) is 0 Å². The van der Waals surface area contributed by atoms with Crippen LogP contribution in [0.25, 0.3) is 0 Å². The topological polar surface area (TPSA) is 34.1 Å². The lowest BCUT2D eigenvalue weighted by Gasteiger charge is -2.22. The largest absolute Gasteiger partial charge is 0.371 e. The minimum absolute atomic E-state index is 0.380. The Morgan fingerprint density at radius 1 is 1.71 bits per heavy atom. The summed E-state index contributed by atoms with van der Waals surface area (Å²) in [6.45, 7) is 4.81. The Morgan fingerprint density at radius 2 is 2.64 bits per heavy atom. The second kappa shape index (κ2) is 4.87. The second-order valence-corrected chi connectivity index (χ2v) is 4.70. The van der Waals surface area contributed by atoms with Crippen LogP contribution >= 0.6 is 11.3 Å². The summed E-state index contributed by atoms with van der Waals surface area (Å²) in [4.78, 5) is 4.37. The van der Waals surface area contributed by atoms with Gasteiger partial charge in [0.05, 0.1) is 23.4 Å². The first-order valence-electron chi connectivity index (χ1n) is 5.08. The highest BCUT2D eigenvalue weighted by atomic mass is 32.1. The maximum atomic E-state index is 5.76. The van der Waals surface area contributed by atoms with E-state index in [4.69, 9.17) is 4.74 Å². The van der Waals surface area contributed by atoms with Gasteiger partial charge in [-0.15, -0.1) is 11.3 Å². The van der Waals surface area contributed by atoms with Crippen LogP contribution in [0.4, 0.5) is 0 Å². The number of ether oxygens (including phenoxy) is 1. The van der Waals surface area contributed by atoms with Crippen molar-refractivity contribution in [3.63, 3.8) is 0 Å². The van der Waals surface area contributed by atoms with E-state index in [1.807, 2.05) is 6.92 Å². The Labute approximate surface area is 88.5 Å². The molecule has 0 amide bonds. The van der Waals surface area contributed by atoms with Crippen molar-refractivity contribution in [2.75, 3.05) is 13.1 Å². The van der Waals surface area contributed by atoms with E-state index in [0.717, 1.165) is 23.8 Å². The first-order valence-corrected chi connectivity index (χ1v) is 5.96. The van der Waals surface area contributed by atoms with Crippen LogP contribution < -0.4 is 5.32 Å². The summed E-state index contributed by atoms with van der Waals surface area (Å²) in [7, 11) is 0. The molecule has 0 saturated carbocycles. The van der Waals surface area contributed by atoms with Crippen molar-refractivity contribution in [1.82, 2.24) is 10.3 Å². The van der Waals surface area contributed by atoms with Gasteiger partial charge in [0.1, 0.15) is 0 Å². The van der Waals surface area contributed by atoms with E-state index in [1.54, 1.807) is 11.3 Å². The summed E-state index contributed by atoms with van der Waals surface area (Å²) in [5.41, 5.74) is 1.07. The molecule has 1 aromatic rings. The van der Waals surface area contributed by atoms with Gasteiger partial charge in [-0.3, -0.25) is 0 Å². The van der Waals surface area contributed by atoms with Crippen molar-refractivity contribution in [3.05, 3.63) is 16.1 Å². The van der Waals surface area contributed by atoms with Gasteiger partial charge >= 0.3 is 0 Å². The van der Waals surface area contributed by atoms with Gasteiger partial charge in [-0.25, -0.2) is 4.98 Å². The van der Waals surface area contributed by atoms with Crippen LogP contribution in [0.15, 0.2) is 5.38 Å². The van der Waals surface area contributed by atoms with Crippen molar-refractivity contribution >= 4 is 11.3 Å². The van der Waals surface area contributed by atoms with Crippen molar-refractivity contribution in [3.8, 4) is 0 Å². The summed E-state index contributed by atoms with van der Waals surface area (Å²) in [6.07, 6.45) is 2.78. The van der Waals surface area contributed by atoms with Crippen LogP contribution in [-0.4, -0.2) is 24.2 Å². The normalized spacial score (nSPS) is 22.5. The molecule has 0 bridgehead atoms. The lowest BCUT2D eigenvalue weighted by atomic mass is 10.1. The van der Waals surface area contributed by atoms with Gasteiger partial charge in [-0.1, -0.05) is 0 Å². The third-order valence-corrected chi connectivity index (χ3v) is 3.21. The smallest absolute Gasteiger partial charge is 0.0900 e. The minimum atomic E-state index is 0.380. The molecule has 0 radical (unpaired) electrons. The molecule has 1 saturated heterocycles. The van der Waals surface area contributed by atoms with Crippen molar-refractivity contribution in [2.45, 2.75) is 32.5 Å². The highest BCUT2D eigenvalue weighted by molar-refractivity contribution is 7.09. The van der Waals surface area contributed by atoms with E-state index in [0.29, 0.717) is 12.7 Å². The molecular weight excluding hydrogens is 196 g/mol. The fourth-order valence-corrected chi connectivity index (χ4v) is 2.24. The zero-order valence-corrected chi connectivity index (χ0v) is 9.27. The predicted octanol–water partition coefficient (Wildman–Crippen LogP) is 1.72. The van der Waals surface area contributed by atoms with Gasteiger partial charge in [0.2, 0.25) is 0 Å². The molecule has 0 unspecified atom stereocenters. The van der Waals surface area contributed by atoms with Crippen LogP contribution in [0.2, 0.25) is 0 Å². The third kappa shape index (κ3) is 2.77. The summed E-state index contributed by atoms with van der Waals surface area (Å²) >= 11 is 1.68. The Morgan fingerprint density at radius 3 is 3.29 bits per heavy atom. The molecule has 1 fully saturated rings. The van der Waals surface area contributed by atoms with Crippen LogP contribution in [0, 0.1) is 6.92 Å². The number of aryl methyl sites for hydroxylation is 1. The fraction of sp³-hybridized carbons (Fsp3) is 0.700. The second-order valence-electron chi connectivity index (χ2n) is 3.64. The number of piperidine rings is 1. The lowest BCUT2D eigenvalue weighted by molar-refractivity contribution is 0.0238. The molecule has 1 N–H and O–H groups in total. The van der Waals surface area contributed by atoms with Gasteiger partial charge in [0.25, 0.3) is 0 Å². The molecule has 78 valence electrons. The maximum Gasteiger partial charge on any atom is 0.0900 e. The van der Waals surface area contributed by atoms with E-state index in [2.05, 4.69) is 15.7 Å². The molecule has 2 heterocycles. The Bertz CT molecular complexity index is 281. The molecule has 3 nitrogen and oxygen atoms in total. The molecule has 14 heavy (non-hydrogen) atoms. The molecular formula is C10H16N2OS. The molecule has 0 spiro atoms. The molecule has 2 rings (SSSR count). The molecule has 1 aliphatic rings. The van der Waals surface area contributed by atoms with Crippen LogP contribution in [0.3, 0.4) is 0 Å². The SMILES string of the molecule is Cc1nc(CO[C@H]2CCCNC2)cs1. The molecule has 1 atom stereocenters. The highest BCUT2D eigenvalue weighted by Crippen LogP contribution is 2.12. The first-order chi connectivity index (χ1) is 6.84. The fourth-order valence-electron chi connectivity index (χ4n) is 1.64. The van der Waals surface area contributed by atoms with Crippen molar-refractivity contribution < 1.29 is 4.74 Å².